The molecule has 4 nitrogen and oxygen atoms in total. The third-order valence-corrected chi connectivity index (χ3v) is 6.40. The van der Waals surface area contributed by atoms with Crippen LogP contribution in [0.25, 0.3) is 10.2 Å². The van der Waals surface area contributed by atoms with Gasteiger partial charge in [-0.2, -0.15) is 0 Å². The third kappa shape index (κ3) is 2.94. The van der Waals surface area contributed by atoms with E-state index < -0.39 is 0 Å². The van der Waals surface area contributed by atoms with Gasteiger partial charge >= 0.3 is 0 Å². The van der Waals surface area contributed by atoms with Crippen molar-refractivity contribution in [3.05, 3.63) is 60.9 Å². The Morgan fingerprint density at radius 2 is 2.12 bits per heavy atom. The first-order valence-corrected chi connectivity index (χ1v) is 9.68. The molecule has 0 saturated heterocycles. The van der Waals surface area contributed by atoms with Gasteiger partial charge in [-0.25, -0.2) is 4.98 Å². The van der Waals surface area contributed by atoms with Crippen molar-refractivity contribution in [1.29, 1.82) is 0 Å². The van der Waals surface area contributed by atoms with Gasteiger partial charge in [0.2, 0.25) is 0 Å². The fourth-order valence-electron chi connectivity index (χ4n) is 3.35. The van der Waals surface area contributed by atoms with Crippen molar-refractivity contribution in [2.75, 3.05) is 7.05 Å². The van der Waals surface area contributed by atoms with Crippen LogP contribution in [0.1, 0.15) is 28.2 Å². The Balaban J connectivity index is 1.59. The molecule has 1 aromatic carbocycles. The fourth-order valence-corrected chi connectivity index (χ4v) is 5.04. The van der Waals surface area contributed by atoms with Crippen molar-refractivity contribution >= 4 is 37.5 Å². The highest BCUT2D eigenvalue weighted by atomic mass is 79.9. The summed E-state index contributed by atoms with van der Waals surface area (Å²) >= 11 is 5.27. The molecule has 0 unspecified atom stereocenters. The van der Waals surface area contributed by atoms with Gasteiger partial charge in [-0.05, 0) is 43.5 Å². The topological polar surface area (TPSA) is 49.0 Å². The quantitative estimate of drug-likeness (QED) is 0.718. The number of halogens is 1. The SMILES string of the molecule is CN(Cc1nc2sc3c(c2c(=O)[nH]1)CCC3)Cc1ccccc1Br. The largest absolute Gasteiger partial charge is 0.309 e. The van der Waals surface area contributed by atoms with Crippen LogP contribution in [-0.2, 0) is 25.9 Å². The summed E-state index contributed by atoms with van der Waals surface area (Å²) in [5.41, 5.74) is 2.47. The second-order valence-corrected chi connectivity index (χ2v) is 8.25. The number of hydrogen-bond acceptors (Lipinski definition) is 4. The Morgan fingerprint density at radius 1 is 1.29 bits per heavy atom. The van der Waals surface area contributed by atoms with Gasteiger partial charge in [0.15, 0.2) is 0 Å². The maximum atomic E-state index is 12.5. The first kappa shape index (κ1) is 16.0. The molecular weight excluding hydrogens is 386 g/mol. The molecule has 0 fully saturated rings. The van der Waals surface area contributed by atoms with Gasteiger partial charge in [0, 0.05) is 15.9 Å². The van der Waals surface area contributed by atoms with Gasteiger partial charge in [0.05, 0.1) is 11.9 Å². The van der Waals surface area contributed by atoms with E-state index in [1.807, 2.05) is 25.2 Å². The van der Waals surface area contributed by atoms with Gasteiger partial charge in [-0.15, -0.1) is 11.3 Å². The number of aromatic amines is 1. The van der Waals surface area contributed by atoms with Gasteiger partial charge in [-0.3, -0.25) is 9.69 Å². The molecule has 1 aliphatic rings. The molecule has 6 heteroatoms. The highest BCUT2D eigenvalue weighted by Gasteiger charge is 2.21. The number of nitrogens with zero attached hydrogens (tertiary/aromatic N) is 2. The summed E-state index contributed by atoms with van der Waals surface area (Å²) in [7, 11) is 2.04. The monoisotopic (exact) mass is 403 g/mol. The number of H-pyrrole nitrogens is 1. The molecule has 124 valence electrons. The number of hydrogen-bond donors (Lipinski definition) is 1. The Bertz CT molecular complexity index is 963. The molecule has 3 aromatic rings. The zero-order valence-corrected chi connectivity index (χ0v) is 15.8. The molecule has 1 aliphatic carbocycles. The predicted molar refractivity (Wildman–Crippen MR) is 102 cm³/mol. The molecule has 4 rings (SSSR count). The standard InChI is InChI=1S/C18H18BrN3OS/c1-22(9-11-5-2-3-7-13(11)19)10-15-20-17(23)16-12-6-4-8-14(12)24-18(16)21-15/h2-3,5,7H,4,6,8-10H2,1H3,(H,20,21,23). The smallest absolute Gasteiger partial charge is 0.259 e. The summed E-state index contributed by atoms with van der Waals surface area (Å²) in [5, 5.41) is 0.824. The van der Waals surface area contributed by atoms with Crippen LogP contribution in [-0.4, -0.2) is 21.9 Å². The van der Waals surface area contributed by atoms with Gasteiger partial charge in [0.1, 0.15) is 10.7 Å². The molecule has 0 bridgehead atoms. The molecule has 0 atom stereocenters. The lowest BCUT2D eigenvalue weighted by Crippen LogP contribution is -2.22. The van der Waals surface area contributed by atoms with Crippen LogP contribution < -0.4 is 5.56 Å². The first-order valence-electron chi connectivity index (χ1n) is 8.07. The Morgan fingerprint density at radius 3 is 2.96 bits per heavy atom. The normalized spacial score (nSPS) is 13.8. The molecule has 2 heterocycles. The fraction of sp³-hybridized carbons (Fsp3) is 0.333. The van der Waals surface area contributed by atoms with Gasteiger partial charge in [0.25, 0.3) is 5.56 Å². The second-order valence-electron chi connectivity index (χ2n) is 6.31. The summed E-state index contributed by atoms with van der Waals surface area (Å²) in [5.74, 6) is 0.738. The molecule has 0 amide bonds. The zero-order valence-electron chi connectivity index (χ0n) is 13.4. The van der Waals surface area contributed by atoms with Crippen LogP contribution in [0.4, 0.5) is 0 Å². The van der Waals surface area contributed by atoms with Crippen LogP contribution in [0.2, 0.25) is 0 Å². The minimum absolute atomic E-state index is 0.0173. The maximum absolute atomic E-state index is 12.5. The number of benzene rings is 1. The van der Waals surface area contributed by atoms with Crippen LogP contribution >= 0.6 is 27.3 Å². The van der Waals surface area contributed by atoms with Crippen molar-refractivity contribution in [1.82, 2.24) is 14.9 Å². The van der Waals surface area contributed by atoms with Crippen molar-refractivity contribution in [2.45, 2.75) is 32.4 Å². The van der Waals surface area contributed by atoms with Crippen LogP contribution in [0, 0.1) is 0 Å². The molecule has 0 spiro atoms. The van der Waals surface area contributed by atoms with Crippen molar-refractivity contribution < 1.29 is 0 Å². The highest BCUT2D eigenvalue weighted by Crippen LogP contribution is 2.34. The van der Waals surface area contributed by atoms with E-state index in [9.17, 15) is 4.79 Å². The van der Waals surface area contributed by atoms with Crippen LogP contribution in [0.3, 0.4) is 0 Å². The molecule has 1 N–H and O–H groups in total. The average Bonchev–Trinajstić information content (AvgIpc) is 3.09. The number of fused-ring (bicyclic) bond motifs is 3. The first-order chi connectivity index (χ1) is 11.6. The Kier molecular flexibility index (Phi) is 4.28. The van der Waals surface area contributed by atoms with E-state index in [1.54, 1.807) is 11.3 Å². The second kappa shape index (κ2) is 6.43. The molecular formula is C18H18BrN3OS. The number of aromatic nitrogens is 2. The number of rotatable bonds is 4. The molecule has 0 radical (unpaired) electrons. The zero-order chi connectivity index (χ0) is 16.7. The Hall–Kier alpha value is -1.50. The minimum Gasteiger partial charge on any atom is -0.309 e. The van der Waals surface area contributed by atoms with Crippen LogP contribution in [0.5, 0.6) is 0 Å². The van der Waals surface area contributed by atoms with E-state index in [0.29, 0.717) is 6.54 Å². The lowest BCUT2D eigenvalue weighted by molar-refractivity contribution is 0.310. The predicted octanol–water partition coefficient (Wildman–Crippen LogP) is 3.87. The number of nitrogens with one attached hydrogen (secondary N) is 1. The summed E-state index contributed by atoms with van der Waals surface area (Å²) in [6.45, 7) is 1.42. The van der Waals surface area contributed by atoms with Crippen molar-refractivity contribution in [3.63, 3.8) is 0 Å². The average molecular weight is 404 g/mol. The number of aryl methyl sites for hydroxylation is 2. The van der Waals surface area contributed by atoms with Crippen molar-refractivity contribution in [2.24, 2.45) is 0 Å². The van der Waals surface area contributed by atoms with E-state index in [-0.39, 0.29) is 5.56 Å². The molecule has 0 saturated carbocycles. The third-order valence-electron chi connectivity index (χ3n) is 4.44. The van der Waals surface area contributed by atoms with Crippen molar-refractivity contribution in [3.8, 4) is 0 Å². The summed E-state index contributed by atoms with van der Waals surface area (Å²) < 4.78 is 1.10. The molecule has 24 heavy (non-hydrogen) atoms. The summed E-state index contributed by atoms with van der Waals surface area (Å²) in [4.78, 5) is 24.6. The van der Waals surface area contributed by atoms with E-state index >= 15 is 0 Å². The Labute approximate surface area is 152 Å². The number of thiophene rings is 1. The van der Waals surface area contributed by atoms with E-state index in [1.165, 1.54) is 16.0 Å². The lowest BCUT2D eigenvalue weighted by Gasteiger charge is -2.17. The highest BCUT2D eigenvalue weighted by molar-refractivity contribution is 9.10. The molecule has 2 aromatic heterocycles. The van der Waals surface area contributed by atoms with Crippen LogP contribution in [0.15, 0.2) is 33.5 Å². The summed E-state index contributed by atoms with van der Waals surface area (Å²) in [6.07, 6.45) is 3.27. The lowest BCUT2D eigenvalue weighted by atomic mass is 10.2. The van der Waals surface area contributed by atoms with E-state index in [0.717, 1.165) is 46.3 Å². The van der Waals surface area contributed by atoms with Gasteiger partial charge in [-0.1, -0.05) is 34.1 Å². The summed E-state index contributed by atoms with van der Waals surface area (Å²) in [6, 6.07) is 8.19. The molecule has 0 aliphatic heterocycles. The minimum atomic E-state index is 0.0173. The maximum Gasteiger partial charge on any atom is 0.259 e. The van der Waals surface area contributed by atoms with E-state index in [2.05, 4.69) is 31.9 Å². The van der Waals surface area contributed by atoms with E-state index in [4.69, 9.17) is 4.98 Å². The van der Waals surface area contributed by atoms with Gasteiger partial charge < -0.3 is 4.98 Å².